The van der Waals surface area contributed by atoms with Crippen molar-refractivity contribution in [2.24, 2.45) is 0 Å². The number of carbonyl (C=O) groups excluding carboxylic acids is 2. The highest BCUT2D eigenvalue weighted by molar-refractivity contribution is 5.70. The molecule has 0 aliphatic carbocycles. The van der Waals surface area contributed by atoms with E-state index in [1.807, 2.05) is 30.3 Å². The summed E-state index contributed by atoms with van der Waals surface area (Å²) in [7, 11) is 0. The van der Waals surface area contributed by atoms with Crippen LogP contribution in [0.3, 0.4) is 0 Å². The van der Waals surface area contributed by atoms with Gasteiger partial charge in [-0.25, -0.2) is 0 Å². The number of hydrogen-bond acceptors (Lipinski definition) is 6. The third kappa shape index (κ3) is 7.25. The Balaban J connectivity index is 1.50. The van der Waals surface area contributed by atoms with Crippen LogP contribution in [0, 0.1) is 0 Å². The molecule has 0 radical (unpaired) electrons. The number of ether oxygens (including phenoxy) is 4. The summed E-state index contributed by atoms with van der Waals surface area (Å²) in [5.74, 6) is -0.543. The molecule has 1 saturated heterocycles. The molecular weight excluding hydrogens is 300 g/mol. The lowest BCUT2D eigenvalue weighted by molar-refractivity contribution is -0.183. The first-order chi connectivity index (χ1) is 11.2. The van der Waals surface area contributed by atoms with Crippen molar-refractivity contribution in [3.63, 3.8) is 0 Å². The standard InChI is InChI=1S/C17H22O6/c18-16(22-10-14-6-2-1-3-7-14)8-4-5-9-17(19)23-15-11-20-13-21-12-15/h1-3,6-7,15H,4-5,8-13H2. The molecule has 1 heterocycles. The Kier molecular flexibility index (Phi) is 7.56. The molecule has 0 aromatic heterocycles. The van der Waals surface area contributed by atoms with E-state index in [0.717, 1.165) is 5.56 Å². The van der Waals surface area contributed by atoms with E-state index in [4.69, 9.17) is 18.9 Å². The third-order valence-electron chi connectivity index (χ3n) is 3.33. The zero-order chi connectivity index (χ0) is 16.3. The average Bonchev–Trinajstić information content (AvgIpc) is 2.59. The molecule has 0 spiro atoms. The lowest BCUT2D eigenvalue weighted by Gasteiger charge is -2.22. The normalized spacial score (nSPS) is 15.1. The maximum Gasteiger partial charge on any atom is 0.306 e. The van der Waals surface area contributed by atoms with Gasteiger partial charge in [-0.15, -0.1) is 0 Å². The molecule has 23 heavy (non-hydrogen) atoms. The first-order valence-electron chi connectivity index (χ1n) is 7.78. The number of rotatable bonds is 8. The fourth-order valence-corrected chi connectivity index (χ4v) is 2.13. The quantitative estimate of drug-likeness (QED) is 0.540. The Labute approximate surface area is 135 Å². The van der Waals surface area contributed by atoms with E-state index in [2.05, 4.69) is 0 Å². The average molecular weight is 322 g/mol. The van der Waals surface area contributed by atoms with Crippen LogP contribution in [0.5, 0.6) is 0 Å². The summed E-state index contributed by atoms with van der Waals surface area (Å²) in [4.78, 5) is 23.2. The van der Waals surface area contributed by atoms with Gasteiger partial charge in [-0.3, -0.25) is 9.59 Å². The SMILES string of the molecule is O=C(CCCCC(=O)OC1COCOC1)OCc1ccccc1. The van der Waals surface area contributed by atoms with Crippen molar-refractivity contribution in [3.8, 4) is 0 Å². The van der Waals surface area contributed by atoms with Gasteiger partial charge in [-0.1, -0.05) is 30.3 Å². The molecule has 0 bridgehead atoms. The minimum absolute atomic E-state index is 0.249. The summed E-state index contributed by atoms with van der Waals surface area (Å²) in [5.41, 5.74) is 0.960. The molecule has 6 nitrogen and oxygen atoms in total. The number of benzene rings is 1. The maximum absolute atomic E-state index is 11.6. The Bertz CT molecular complexity index is 481. The van der Waals surface area contributed by atoms with Crippen LogP contribution in [-0.2, 0) is 35.1 Å². The van der Waals surface area contributed by atoms with E-state index < -0.39 is 0 Å². The molecule has 1 aliphatic heterocycles. The second kappa shape index (κ2) is 9.97. The van der Waals surface area contributed by atoms with Gasteiger partial charge in [0.1, 0.15) is 19.5 Å². The highest BCUT2D eigenvalue weighted by Gasteiger charge is 2.18. The zero-order valence-electron chi connectivity index (χ0n) is 13.1. The fourth-order valence-electron chi connectivity index (χ4n) is 2.13. The van der Waals surface area contributed by atoms with Crippen LogP contribution in [0.25, 0.3) is 0 Å². The van der Waals surface area contributed by atoms with E-state index in [-0.39, 0.29) is 37.9 Å². The molecule has 0 atom stereocenters. The maximum atomic E-state index is 11.6. The molecule has 0 amide bonds. The van der Waals surface area contributed by atoms with Crippen molar-refractivity contribution in [1.82, 2.24) is 0 Å². The van der Waals surface area contributed by atoms with Gasteiger partial charge in [-0.05, 0) is 18.4 Å². The van der Waals surface area contributed by atoms with Gasteiger partial charge in [0.15, 0.2) is 0 Å². The van der Waals surface area contributed by atoms with Crippen molar-refractivity contribution in [3.05, 3.63) is 35.9 Å². The minimum Gasteiger partial charge on any atom is -0.461 e. The molecule has 1 aromatic carbocycles. The van der Waals surface area contributed by atoms with Crippen LogP contribution in [0.15, 0.2) is 30.3 Å². The molecule has 126 valence electrons. The predicted octanol–water partition coefficient (Wildman–Crippen LogP) is 2.21. The highest BCUT2D eigenvalue weighted by atomic mass is 16.7. The van der Waals surface area contributed by atoms with Gasteiger partial charge in [0, 0.05) is 12.8 Å². The van der Waals surface area contributed by atoms with E-state index in [1.54, 1.807) is 0 Å². The Morgan fingerprint density at radius 1 is 1.00 bits per heavy atom. The van der Waals surface area contributed by atoms with Crippen molar-refractivity contribution in [1.29, 1.82) is 0 Å². The molecule has 0 unspecified atom stereocenters. The summed E-state index contributed by atoms with van der Waals surface area (Å²) < 4.78 is 20.5. The van der Waals surface area contributed by atoms with Crippen LogP contribution < -0.4 is 0 Å². The Hall–Kier alpha value is -1.92. The van der Waals surface area contributed by atoms with Crippen LogP contribution in [0.2, 0.25) is 0 Å². The highest BCUT2D eigenvalue weighted by Crippen LogP contribution is 2.08. The van der Waals surface area contributed by atoms with Gasteiger partial charge < -0.3 is 18.9 Å². The number of hydrogen-bond donors (Lipinski definition) is 0. The van der Waals surface area contributed by atoms with E-state index in [1.165, 1.54) is 0 Å². The Morgan fingerprint density at radius 3 is 2.35 bits per heavy atom. The summed E-state index contributed by atoms with van der Waals surface area (Å²) in [5, 5.41) is 0. The van der Waals surface area contributed by atoms with Crippen LogP contribution in [0.4, 0.5) is 0 Å². The van der Waals surface area contributed by atoms with Crippen LogP contribution in [0.1, 0.15) is 31.2 Å². The molecule has 6 heteroatoms. The van der Waals surface area contributed by atoms with Crippen molar-refractivity contribution in [2.45, 2.75) is 38.4 Å². The Morgan fingerprint density at radius 2 is 1.65 bits per heavy atom. The van der Waals surface area contributed by atoms with E-state index >= 15 is 0 Å². The van der Waals surface area contributed by atoms with Gasteiger partial charge >= 0.3 is 11.9 Å². The third-order valence-corrected chi connectivity index (χ3v) is 3.33. The van der Waals surface area contributed by atoms with Gasteiger partial charge in [0.05, 0.1) is 13.2 Å². The van der Waals surface area contributed by atoms with Gasteiger partial charge in [0.2, 0.25) is 0 Å². The molecule has 1 aliphatic rings. The zero-order valence-corrected chi connectivity index (χ0v) is 13.1. The van der Waals surface area contributed by atoms with Crippen molar-refractivity contribution in [2.75, 3.05) is 20.0 Å². The lowest BCUT2D eigenvalue weighted by atomic mass is 10.2. The molecular formula is C17H22O6. The predicted molar refractivity (Wildman–Crippen MR) is 81.4 cm³/mol. The molecule has 0 N–H and O–H groups in total. The minimum atomic E-state index is -0.327. The van der Waals surface area contributed by atoms with E-state index in [0.29, 0.717) is 32.5 Å². The van der Waals surface area contributed by atoms with Crippen LogP contribution in [-0.4, -0.2) is 38.0 Å². The fraction of sp³-hybridized carbons (Fsp3) is 0.529. The van der Waals surface area contributed by atoms with E-state index in [9.17, 15) is 9.59 Å². The molecule has 0 saturated carbocycles. The lowest BCUT2D eigenvalue weighted by Crippen LogP contribution is -2.33. The second-order valence-corrected chi connectivity index (χ2v) is 5.32. The molecule has 1 aromatic rings. The largest absolute Gasteiger partial charge is 0.461 e. The number of unbranched alkanes of at least 4 members (excludes halogenated alkanes) is 1. The van der Waals surface area contributed by atoms with Crippen LogP contribution >= 0.6 is 0 Å². The summed E-state index contributed by atoms with van der Waals surface area (Å²) in [6.45, 7) is 1.28. The first-order valence-corrected chi connectivity index (χ1v) is 7.78. The van der Waals surface area contributed by atoms with Crippen molar-refractivity contribution < 1.29 is 28.5 Å². The van der Waals surface area contributed by atoms with Gasteiger partial charge in [-0.2, -0.15) is 0 Å². The van der Waals surface area contributed by atoms with Crippen molar-refractivity contribution >= 4 is 11.9 Å². The summed E-state index contributed by atoms with van der Waals surface area (Å²) >= 11 is 0. The molecule has 2 rings (SSSR count). The number of esters is 2. The summed E-state index contributed by atoms with van der Waals surface area (Å²) in [6.07, 6.45) is 1.44. The molecule has 1 fully saturated rings. The second-order valence-electron chi connectivity index (χ2n) is 5.32. The number of carbonyl (C=O) groups is 2. The monoisotopic (exact) mass is 322 g/mol. The topological polar surface area (TPSA) is 71.1 Å². The van der Waals surface area contributed by atoms with Gasteiger partial charge in [0.25, 0.3) is 0 Å². The summed E-state index contributed by atoms with van der Waals surface area (Å²) in [6, 6.07) is 9.52. The first kappa shape index (κ1) is 17.4. The smallest absolute Gasteiger partial charge is 0.306 e.